The summed E-state index contributed by atoms with van der Waals surface area (Å²) in [6, 6.07) is 0. The summed E-state index contributed by atoms with van der Waals surface area (Å²) >= 11 is 0. The lowest BCUT2D eigenvalue weighted by atomic mass is 9.80. The summed E-state index contributed by atoms with van der Waals surface area (Å²) in [5.41, 5.74) is 6.01. The van der Waals surface area contributed by atoms with E-state index < -0.39 is 0 Å². The van der Waals surface area contributed by atoms with Gasteiger partial charge in [-0.05, 0) is 32.0 Å². The molecule has 0 aromatic carbocycles. The zero-order valence-corrected chi connectivity index (χ0v) is 8.52. The van der Waals surface area contributed by atoms with Gasteiger partial charge in [-0.2, -0.15) is 0 Å². The van der Waals surface area contributed by atoms with Gasteiger partial charge in [-0.3, -0.25) is 0 Å². The average molecular weight is 158 g/mol. The quantitative estimate of drug-likeness (QED) is 0.668. The topological polar surface area (TPSA) is 29.3 Å². The predicted octanol–water partition coefficient (Wildman–Crippen LogP) is 1.17. The van der Waals surface area contributed by atoms with Crippen LogP contribution in [0, 0.1) is 11.3 Å². The predicted molar refractivity (Wildman–Crippen MR) is 50.6 cm³/mol. The largest absolute Gasteiger partial charge is 0.330 e. The molecule has 0 spiro atoms. The number of hydrogen-bond donors (Lipinski definition) is 1. The second kappa shape index (κ2) is 4.07. The van der Waals surface area contributed by atoms with Crippen LogP contribution < -0.4 is 5.73 Å². The van der Waals surface area contributed by atoms with Gasteiger partial charge in [-0.1, -0.05) is 20.8 Å². The Labute approximate surface area is 70.8 Å². The summed E-state index contributed by atoms with van der Waals surface area (Å²) < 4.78 is 0. The second-order valence-electron chi connectivity index (χ2n) is 4.56. The van der Waals surface area contributed by atoms with E-state index in [2.05, 4.69) is 39.8 Å². The van der Waals surface area contributed by atoms with E-state index in [1.807, 2.05) is 0 Å². The van der Waals surface area contributed by atoms with E-state index in [0.29, 0.717) is 11.3 Å². The molecule has 0 radical (unpaired) electrons. The van der Waals surface area contributed by atoms with Gasteiger partial charge in [0, 0.05) is 6.54 Å². The Hall–Kier alpha value is -0.0800. The highest BCUT2D eigenvalue weighted by Gasteiger charge is 2.23. The molecule has 68 valence electrons. The van der Waals surface area contributed by atoms with E-state index in [4.69, 9.17) is 5.73 Å². The molecule has 0 saturated carbocycles. The van der Waals surface area contributed by atoms with Gasteiger partial charge in [-0.15, -0.1) is 0 Å². The van der Waals surface area contributed by atoms with Crippen LogP contribution in [0.2, 0.25) is 0 Å². The van der Waals surface area contributed by atoms with E-state index >= 15 is 0 Å². The Morgan fingerprint density at radius 3 is 1.82 bits per heavy atom. The molecule has 1 atom stereocenters. The smallest absolute Gasteiger partial charge is 0.00206 e. The highest BCUT2D eigenvalue weighted by Crippen LogP contribution is 2.24. The van der Waals surface area contributed by atoms with Crippen molar-refractivity contribution in [3.05, 3.63) is 0 Å². The molecular formula is C9H22N2. The summed E-state index contributed by atoms with van der Waals surface area (Å²) in [7, 11) is 4.18. The molecule has 0 aliphatic carbocycles. The molecule has 2 N–H and O–H groups in total. The third kappa shape index (κ3) is 4.38. The molecule has 0 heterocycles. The molecule has 2 nitrogen and oxygen atoms in total. The average Bonchev–Trinajstić information content (AvgIpc) is 1.79. The van der Waals surface area contributed by atoms with Crippen molar-refractivity contribution in [2.24, 2.45) is 17.1 Å². The van der Waals surface area contributed by atoms with E-state index in [0.717, 1.165) is 13.1 Å². The van der Waals surface area contributed by atoms with Gasteiger partial charge in [0.25, 0.3) is 0 Å². The van der Waals surface area contributed by atoms with Crippen LogP contribution in [0.1, 0.15) is 20.8 Å². The van der Waals surface area contributed by atoms with E-state index in [1.54, 1.807) is 0 Å². The fourth-order valence-corrected chi connectivity index (χ4v) is 1.14. The SMILES string of the molecule is CN(C)CC(CN)C(C)(C)C. The third-order valence-electron chi connectivity index (χ3n) is 2.09. The highest BCUT2D eigenvalue weighted by molar-refractivity contribution is 4.76. The zero-order valence-electron chi connectivity index (χ0n) is 8.52. The Morgan fingerprint density at radius 1 is 1.27 bits per heavy atom. The molecule has 0 bridgehead atoms. The Kier molecular flexibility index (Phi) is 4.04. The molecule has 1 unspecified atom stereocenters. The monoisotopic (exact) mass is 158 g/mol. The fraction of sp³-hybridized carbons (Fsp3) is 1.00. The first-order valence-corrected chi connectivity index (χ1v) is 4.22. The molecule has 2 heteroatoms. The van der Waals surface area contributed by atoms with Gasteiger partial charge < -0.3 is 10.6 Å². The maximum Gasteiger partial charge on any atom is 0.00206 e. The third-order valence-corrected chi connectivity index (χ3v) is 2.09. The van der Waals surface area contributed by atoms with Crippen molar-refractivity contribution >= 4 is 0 Å². The van der Waals surface area contributed by atoms with Crippen LogP contribution >= 0.6 is 0 Å². The lowest BCUT2D eigenvalue weighted by Gasteiger charge is -2.31. The van der Waals surface area contributed by atoms with Crippen molar-refractivity contribution in [2.75, 3.05) is 27.2 Å². The Morgan fingerprint density at radius 2 is 1.73 bits per heavy atom. The van der Waals surface area contributed by atoms with Crippen LogP contribution in [-0.4, -0.2) is 32.1 Å². The fourth-order valence-electron chi connectivity index (χ4n) is 1.14. The van der Waals surface area contributed by atoms with Crippen molar-refractivity contribution in [3.63, 3.8) is 0 Å². The van der Waals surface area contributed by atoms with Gasteiger partial charge in [-0.25, -0.2) is 0 Å². The van der Waals surface area contributed by atoms with Crippen molar-refractivity contribution in [1.82, 2.24) is 4.90 Å². The first-order chi connectivity index (χ1) is 4.88. The molecule has 0 aromatic heterocycles. The van der Waals surface area contributed by atoms with Crippen molar-refractivity contribution < 1.29 is 0 Å². The first kappa shape index (κ1) is 10.9. The molecule has 0 amide bonds. The van der Waals surface area contributed by atoms with Crippen molar-refractivity contribution in [1.29, 1.82) is 0 Å². The molecule has 0 fully saturated rings. The molecule has 0 rings (SSSR count). The van der Waals surface area contributed by atoms with Crippen LogP contribution in [0.5, 0.6) is 0 Å². The summed E-state index contributed by atoms with van der Waals surface area (Å²) in [6.07, 6.45) is 0. The zero-order chi connectivity index (χ0) is 9.07. The Balaban J connectivity index is 3.96. The Bertz CT molecular complexity index is 103. The van der Waals surface area contributed by atoms with Crippen LogP contribution in [0.4, 0.5) is 0 Å². The lowest BCUT2D eigenvalue weighted by Crippen LogP contribution is -2.36. The minimum absolute atomic E-state index is 0.332. The van der Waals surface area contributed by atoms with E-state index in [9.17, 15) is 0 Å². The van der Waals surface area contributed by atoms with Gasteiger partial charge in [0.2, 0.25) is 0 Å². The summed E-state index contributed by atoms with van der Waals surface area (Å²) in [5.74, 6) is 0.595. The van der Waals surface area contributed by atoms with Gasteiger partial charge in [0.1, 0.15) is 0 Å². The molecule has 0 saturated heterocycles. The second-order valence-corrected chi connectivity index (χ2v) is 4.56. The van der Waals surface area contributed by atoms with Crippen LogP contribution in [0.25, 0.3) is 0 Å². The highest BCUT2D eigenvalue weighted by atomic mass is 15.1. The van der Waals surface area contributed by atoms with Crippen LogP contribution in [-0.2, 0) is 0 Å². The molecule has 11 heavy (non-hydrogen) atoms. The van der Waals surface area contributed by atoms with Gasteiger partial charge in [0.15, 0.2) is 0 Å². The van der Waals surface area contributed by atoms with Crippen LogP contribution in [0.3, 0.4) is 0 Å². The maximum atomic E-state index is 5.68. The minimum Gasteiger partial charge on any atom is -0.330 e. The number of nitrogens with zero attached hydrogens (tertiary/aromatic N) is 1. The van der Waals surface area contributed by atoms with E-state index in [-0.39, 0.29) is 0 Å². The van der Waals surface area contributed by atoms with E-state index in [1.165, 1.54) is 0 Å². The summed E-state index contributed by atoms with van der Waals surface area (Å²) in [4.78, 5) is 2.20. The summed E-state index contributed by atoms with van der Waals surface area (Å²) in [5, 5.41) is 0. The van der Waals surface area contributed by atoms with Crippen molar-refractivity contribution in [3.8, 4) is 0 Å². The number of hydrogen-bond acceptors (Lipinski definition) is 2. The number of nitrogens with two attached hydrogens (primary N) is 1. The maximum absolute atomic E-state index is 5.68. The normalized spacial score (nSPS) is 15.5. The standard InChI is InChI=1S/C9H22N2/c1-9(2,3)8(6-10)7-11(4)5/h8H,6-7,10H2,1-5H3. The molecule has 0 aromatic rings. The van der Waals surface area contributed by atoms with Crippen LogP contribution in [0.15, 0.2) is 0 Å². The minimum atomic E-state index is 0.332. The molecule has 0 aliphatic rings. The first-order valence-electron chi connectivity index (χ1n) is 4.22. The summed E-state index contributed by atoms with van der Waals surface area (Å²) in [6.45, 7) is 8.60. The van der Waals surface area contributed by atoms with Gasteiger partial charge >= 0.3 is 0 Å². The number of rotatable bonds is 3. The molecule has 0 aliphatic heterocycles. The van der Waals surface area contributed by atoms with Crippen molar-refractivity contribution in [2.45, 2.75) is 20.8 Å². The van der Waals surface area contributed by atoms with Gasteiger partial charge in [0.05, 0.1) is 0 Å². The molecular weight excluding hydrogens is 136 g/mol. The lowest BCUT2D eigenvalue weighted by molar-refractivity contribution is 0.191.